The van der Waals surface area contributed by atoms with Crippen molar-refractivity contribution in [3.05, 3.63) is 48.2 Å². The molecule has 0 bridgehead atoms. The molecule has 0 amide bonds. The Kier molecular flexibility index (Phi) is 2.68. The minimum atomic E-state index is 0.800. The number of anilines is 1. The molecule has 0 atom stereocenters. The largest absolute Gasteiger partial charge is 0.398 e. The minimum absolute atomic E-state index is 0.800. The summed E-state index contributed by atoms with van der Waals surface area (Å²) in [6.45, 7) is 2.01. The van der Waals surface area contributed by atoms with Gasteiger partial charge in [-0.25, -0.2) is 0 Å². The van der Waals surface area contributed by atoms with Crippen LogP contribution in [0.5, 0.6) is 0 Å². The third-order valence-electron chi connectivity index (χ3n) is 2.81. The number of nitrogens with zero attached hydrogens (tertiary/aromatic N) is 3. The lowest BCUT2D eigenvalue weighted by Crippen LogP contribution is -1.92. The van der Waals surface area contributed by atoms with E-state index in [9.17, 15) is 0 Å². The highest BCUT2D eigenvalue weighted by Crippen LogP contribution is 2.31. The molecule has 0 aliphatic carbocycles. The summed E-state index contributed by atoms with van der Waals surface area (Å²) in [7, 11) is 0. The van der Waals surface area contributed by atoms with E-state index in [0.717, 1.165) is 26.9 Å². The van der Waals surface area contributed by atoms with Crippen molar-refractivity contribution >= 4 is 23.1 Å². The Labute approximate surface area is 109 Å². The maximum Gasteiger partial charge on any atom is 0.200 e. The van der Waals surface area contributed by atoms with E-state index < -0.39 is 0 Å². The Morgan fingerprint density at radius 1 is 1.11 bits per heavy atom. The number of pyridine rings is 1. The third kappa shape index (κ3) is 1.82. The van der Waals surface area contributed by atoms with E-state index in [1.165, 1.54) is 0 Å². The molecule has 0 saturated heterocycles. The Balaban J connectivity index is 2.04. The van der Waals surface area contributed by atoms with Gasteiger partial charge in [-0.1, -0.05) is 12.1 Å². The van der Waals surface area contributed by atoms with Crippen LogP contribution in [0.15, 0.2) is 52.6 Å². The average Bonchev–Trinajstić information content (AvgIpc) is 2.79. The van der Waals surface area contributed by atoms with E-state index in [-0.39, 0.29) is 0 Å². The van der Waals surface area contributed by atoms with Gasteiger partial charge >= 0.3 is 0 Å². The van der Waals surface area contributed by atoms with Crippen molar-refractivity contribution in [3.8, 4) is 0 Å². The van der Waals surface area contributed by atoms with Gasteiger partial charge in [0.1, 0.15) is 0 Å². The van der Waals surface area contributed by atoms with Crippen LogP contribution in [0.25, 0.3) is 5.65 Å². The normalized spacial score (nSPS) is 10.9. The van der Waals surface area contributed by atoms with Gasteiger partial charge in [-0.3, -0.25) is 4.40 Å². The van der Waals surface area contributed by atoms with Gasteiger partial charge in [0.25, 0.3) is 0 Å². The number of hydrogen-bond acceptors (Lipinski definition) is 4. The van der Waals surface area contributed by atoms with Crippen LogP contribution in [-0.4, -0.2) is 14.6 Å². The van der Waals surface area contributed by atoms with Crippen molar-refractivity contribution in [3.63, 3.8) is 0 Å². The molecule has 0 aliphatic heterocycles. The molecule has 0 spiro atoms. The van der Waals surface area contributed by atoms with Crippen molar-refractivity contribution in [1.82, 2.24) is 14.6 Å². The number of nitrogens with two attached hydrogens (primary N) is 1. The van der Waals surface area contributed by atoms with Crippen LogP contribution in [0.3, 0.4) is 0 Å². The van der Waals surface area contributed by atoms with Crippen molar-refractivity contribution in [2.45, 2.75) is 17.0 Å². The number of benzene rings is 1. The number of nitrogen functional groups attached to an aromatic ring is 1. The average molecular weight is 256 g/mol. The summed E-state index contributed by atoms with van der Waals surface area (Å²) in [5.74, 6) is 0. The van der Waals surface area contributed by atoms with E-state index in [0.29, 0.717) is 0 Å². The molecule has 2 aromatic heterocycles. The summed E-state index contributed by atoms with van der Waals surface area (Å²) in [5.41, 5.74) is 8.63. The number of rotatable bonds is 2. The van der Waals surface area contributed by atoms with Crippen molar-refractivity contribution < 1.29 is 0 Å². The molecule has 4 nitrogen and oxygen atoms in total. The van der Waals surface area contributed by atoms with E-state index >= 15 is 0 Å². The molecule has 2 N–H and O–H groups in total. The first-order valence-corrected chi connectivity index (χ1v) is 6.40. The molecule has 0 aliphatic rings. The molecule has 3 rings (SSSR count). The van der Waals surface area contributed by atoms with Gasteiger partial charge in [0.15, 0.2) is 10.8 Å². The van der Waals surface area contributed by atoms with Crippen LogP contribution in [-0.2, 0) is 0 Å². The van der Waals surface area contributed by atoms with Crippen LogP contribution in [0, 0.1) is 6.92 Å². The predicted molar refractivity (Wildman–Crippen MR) is 72.7 cm³/mol. The Morgan fingerprint density at radius 3 is 2.89 bits per heavy atom. The Morgan fingerprint density at radius 2 is 2.00 bits per heavy atom. The van der Waals surface area contributed by atoms with Crippen LogP contribution in [0.1, 0.15) is 5.56 Å². The van der Waals surface area contributed by atoms with Gasteiger partial charge in [-0.15, -0.1) is 10.2 Å². The number of aromatic nitrogens is 3. The lowest BCUT2D eigenvalue weighted by atomic mass is 10.2. The smallest absolute Gasteiger partial charge is 0.200 e. The van der Waals surface area contributed by atoms with Crippen LogP contribution in [0.4, 0.5) is 5.69 Å². The van der Waals surface area contributed by atoms with Gasteiger partial charge in [0.2, 0.25) is 0 Å². The van der Waals surface area contributed by atoms with Gasteiger partial charge in [0.05, 0.1) is 0 Å². The Bertz CT molecular complexity index is 705. The molecule has 0 radical (unpaired) electrons. The van der Waals surface area contributed by atoms with Crippen LogP contribution < -0.4 is 5.73 Å². The van der Waals surface area contributed by atoms with E-state index in [2.05, 4.69) is 10.2 Å². The fourth-order valence-corrected chi connectivity index (χ4v) is 2.68. The second kappa shape index (κ2) is 4.34. The maximum atomic E-state index is 5.91. The summed E-state index contributed by atoms with van der Waals surface area (Å²) >= 11 is 1.57. The molecule has 3 aromatic rings. The first-order valence-electron chi connectivity index (χ1n) is 5.58. The fourth-order valence-electron chi connectivity index (χ4n) is 1.73. The lowest BCUT2D eigenvalue weighted by molar-refractivity contribution is 0.921. The molecule has 1 aromatic carbocycles. The highest BCUT2D eigenvalue weighted by atomic mass is 32.2. The first-order chi connectivity index (χ1) is 8.75. The zero-order valence-electron chi connectivity index (χ0n) is 9.87. The molecule has 0 fully saturated rings. The second-order valence-electron chi connectivity index (χ2n) is 3.98. The summed E-state index contributed by atoms with van der Waals surface area (Å²) in [4.78, 5) is 1.10. The van der Waals surface area contributed by atoms with Crippen molar-refractivity contribution in [2.24, 2.45) is 0 Å². The van der Waals surface area contributed by atoms with Crippen LogP contribution in [0.2, 0.25) is 0 Å². The fraction of sp³-hybridized carbons (Fsp3) is 0.0769. The molecule has 18 heavy (non-hydrogen) atoms. The van der Waals surface area contributed by atoms with E-state index in [4.69, 9.17) is 5.73 Å². The molecular formula is C13H12N4S. The standard InChI is InChI=1S/C13H12N4S/c1-9-10(14)5-4-6-11(9)18-13-16-15-12-7-2-3-8-17(12)13/h2-8H,14H2,1H3. The SMILES string of the molecule is Cc1c(N)cccc1Sc1nnc2ccccn12. The first kappa shape index (κ1) is 11.1. The third-order valence-corrected chi connectivity index (χ3v) is 3.93. The predicted octanol–water partition coefficient (Wildman–Crippen LogP) is 2.77. The van der Waals surface area contributed by atoms with Crippen molar-refractivity contribution in [1.29, 1.82) is 0 Å². The molecular weight excluding hydrogens is 244 g/mol. The summed E-state index contributed by atoms with van der Waals surface area (Å²) < 4.78 is 1.97. The van der Waals surface area contributed by atoms with Gasteiger partial charge < -0.3 is 5.73 Å². The lowest BCUT2D eigenvalue weighted by Gasteiger charge is -2.06. The van der Waals surface area contributed by atoms with Gasteiger partial charge in [0, 0.05) is 16.8 Å². The van der Waals surface area contributed by atoms with Gasteiger partial charge in [-0.2, -0.15) is 0 Å². The van der Waals surface area contributed by atoms with E-state index in [1.807, 2.05) is 53.9 Å². The summed E-state index contributed by atoms with van der Waals surface area (Å²) in [6.07, 6.45) is 1.96. The molecule has 90 valence electrons. The molecule has 5 heteroatoms. The number of fused-ring (bicyclic) bond motifs is 1. The highest BCUT2D eigenvalue weighted by molar-refractivity contribution is 7.99. The molecule has 0 unspecified atom stereocenters. The Hall–Kier alpha value is -2.01. The van der Waals surface area contributed by atoms with Crippen molar-refractivity contribution in [2.75, 3.05) is 5.73 Å². The topological polar surface area (TPSA) is 56.2 Å². The minimum Gasteiger partial charge on any atom is -0.398 e. The summed E-state index contributed by atoms with van der Waals surface area (Å²) in [5, 5.41) is 9.17. The van der Waals surface area contributed by atoms with E-state index in [1.54, 1.807) is 11.8 Å². The highest BCUT2D eigenvalue weighted by Gasteiger charge is 2.09. The number of hydrogen-bond donors (Lipinski definition) is 1. The van der Waals surface area contributed by atoms with Crippen LogP contribution >= 0.6 is 11.8 Å². The maximum absolute atomic E-state index is 5.91. The van der Waals surface area contributed by atoms with Gasteiger partial charge in [-0.05, 0) is 48.5 Å². The monoisotopic (exact) mass is 256 g/mol. The zero-order valence-corrected chi connectivity index (χ0v) is 10.7. The second-order valence-corrected chi connectivity index (χ2v) is 4.99. The molecule has 2 heterocycles. The molecule has 0 saturated carbocycles. The summed E-state index contributed by atoms with van der Waals surface area (Å²) in [6, 6.07) is 11.7. The quantitative estimate of drug-likeness (QED) is 0.716. The zero-order chi connectivity index (χ0) is 12.5.